The fourth-order valence-electron chi connectivity index (χ4n) is 3.75. The van der Waals surface area contributed by atoms with Crippen LogP contribution < -0.4 is 22.1 Å². The average molecular weight is 564 g/mol. The van der Waals surface area contributed by atoms with Crippen molar-refractivity contribution in [1.82, 2.24) is 20.4 Å². The summed E-state index contributed by atoms with van der Waals surface area (Å²) in [4.78, 5) is 60.5. The number of nitrogens with one attached hydrogen (secondary N) is 2. The standard InChI is InChI=1S/C21H21N7O8S2/c22-13(8-1-3-10(4-2-8)24-20(23)35)16(31)25-14-17(32)28-15(19(33)34)9(6-37-18(14)28)7-38-21-27-26-11(36-21)5-12(29)30/h1-4,13-14,18H,5-7,22H2,(H,25,31)(H,29,30)(H,33,34)(H3,23,24,35)/t13?,14?,18-/m0/s1. The van der Waals surface area contributed by atoms with Crippen LogP contribution in [0, 0.1) is 0 Å². The zero-order valence-electron chi connectivity index (χ0n) is 19.3. The molecule has 0 radical (unpaired) electrons. The van der Waals surface area contributed by atoms with E-state index in [0.29, 0.717) is 16.8 Å². The van der Waals surface area contributed by atoms with Crippen molar-refractivity contribution in [2.75, 3.05) is 16.8 Å². The van der Waals surface area contributed by atoms with Gasteiger partial charge in [-0.15, -0.1) is 22.0 Å². The summed E-state index contributed by atoms with van der Waals surface area (Å²) in [5.74, 6) is -3.37. The number of amides is 4. The molecule has 2 unspecified atom stereocenters. The lowest BCUT2D eigenvalue weighted by Crippen LogP contribution is -2.71. The third-order valence-electron chi connectivity index (χ3n) is 5.49. The number of aliphatic carboxylic acids is 2. The molecule has 4 rings (SSSR count). The number of nitrogens with two attached hydrogens (primary N) is 2. The van der Waals surface area contributed by atoms with Crippen molar-refractivity contribution in [3.8, 4) is 0 Å². The molecule has 1 aromatic carbocycles. The van der Waals surface area contributed by atoms with Gasteiger partial charge in [0.05, 0.1) is 0 Å². The summed E-state index contributed by atoms with van der Waals surface area (Å²) >= 11 is 2.30. The highest BCUT2D eigenvalue weighted by molar-refractivity contribution is 8.01. The van der Waals surface area contributed by atoms with E-state index in [1.54, 1.807) is 0 Å². The summed E-state index contributed by atoms with van der Waals surface area (Å²) in [6, 6.07) is 3.28. The molecule has 0 aliphatic carbocycles. The summed E-state index contributed by atoms with van der Waals surface area (Å²) < 4.78 is 5.23. The number of β-lactam (4-membered cyclic amide) rings is 1. The number of carboxylic acids is 2. The van der Waals surface area contributed by atoms with Crippen LogP contribution in [0.15, 0.2) is 45.2 Å². The molecule has 15 nitrogen and oxygen atoms in total. The van der Waals surface area contributed by atoms with Crippen molar-refractivity contribution in [2.45, 2.75) is 29.1 Å². The summed E-state index contributed by atoms with van der Waals surface area (Å²) in [6.07, 6.45) is -0.439. The van der Waals surface area contributed by atoms with Gasteiger partial charge in [-0.2, -0.15) is 0 Å². The largest absolute Gasteiger partial charge is 0.481 e. The van der Waals surface area contributed by atoms with Crippen molar-refractivity contribution < 1.29 is 38.6 Å². The number of carbonyl (C=O) groups excluding carboxylic acids is 3. The molecule has 200 valence electrons. The van der Waals surface area contributed by atoms with Crippen LogP contribution in [0.3, 0.4) is 0 Å². The quantitative estimate of drug-likeness (QED) is 0.161. The van der Waals surface area contributed by atoms with Gasteiger partial charge < -0.3 is 36.7 Å². The number of benzene rings is 1. The van der Waals surface area contributed by atoms with Gasteiger partial charge in [-0.1, -0.05) is 23.9 Å². The second-order valence-electron chi connectivity index (χ2n) is 8.06. The molecule has 2 aliphatic rings. The molecule has 17 heteroatoms. The minimum Gasteiger partial charge on any atom is -0.481 e. The van der Waals surface area contributed by atoms with Gasteiger partial charge in [0.25, 0.3) is 11.1 Å². The van der Waals surface area contributed by atoms with E-state index in [1.165, 1.54) is 36.0 Å². The van der Waals surface area contributed by atoms with E-state index in [1.807, 2.05) is 0 Å². The molecule has 0 spiro atoms. The summed E-state index contributed by atoms with van der Waals surface area (Å²) in [6.45, 7) is 0. The predicted molar refractivity (Wildman–Crippen MR) is 133 cm³/mol. The lowest BCUT2D eigenvalue weighted by molar-refractivity contribution is -0.150. The van der Waals surface area contributed by atoms with E-state index in [9.17, 15) is 29.1 Å². The number of hydrogen-bond acceptors (Lipinski definition) is 11. The number of aromatic nitrogens is 2. The predicted octanol–water partition coefficient (Wildman–Crippen LogP) is -0.282. The number of fused-ring (bicyclic) bond motifs is 1. The molecule has 2 aliphatic heterocycles. The Morgan fingerprint density at radius 3 is 2.55 bits per heavy atom. The van der Waals surface area contributed by atoms with Crippen molar-refractivity contribution in [1.29, 1.82) is 0 Å². The molecule has 3 atom stereocenters. The number of urea groups is 1. The van der Waals surface area contributed by atoms with Crippen LogP contribution in [-0.2, 0) is 25.6 Å². The SMILES string of the molecule is NC(=O)Nc1ccc(C(N)C(=O)NC2C(=O)N3C(C(=O)O)=C(CSc4nnc(CC(=O)O)o4)CS[C@@H]23)cc1. The summed E-state index contributed by atoms with van der Waals surface area (Å²) in [7, 11) is 0. The number of carboxylic acid groups (broad SMARTS) is 2. The molecule has 3 heterocycles. The van der Waals surface area contributed by atoms with Gasteiger partial charge in [0.15, 0.2) is 0 Å². The molecular weight excluding hydrogens is 542 g/mol. The first kappa shape index (κ1) is 27.0. The number of nitrogens with zero attached hydrogens (tertiary/aromatic N) is 3. The minimum atomic E-state index is -1.30. The van der Waals surface area contributed by atoms with Crippen LogP contribution in [0.1, 0.15) is 17.5 Å². The van der Waals surface area contributed by atoms with Gasteiger partial charge in [-0.05, 0) is 23.3 Å². The Bertz CT molecular complexity index is 1330. The van der Waals surface area contributed by atoms with E-state index >= 15 is 0 Å². The van der Waals surface area contributed by atoms with Gasteiger partial charge in [-0.3, -0.25) is 19.3 Å². The Hall–Kier alpha value is -4.09. The number of primary amides is 1. The smallest absolute Gasteiger partial charge is 0.352 e. The highest BCUT2D eigenvalue weighted by Crippen LogP contribution is 2.41. The first-order chi connectivity index (χ1) is 18.0. The van der Waals surface area contributed by atoms with E-state index in [4.69, 9.17) is 21.0 Å². The number of hydrogen-bond donors (Lipinski definition) is 6. The number of thioether (sulfide) groups is 2. The van der Waals surface area contributed by atoms with Gasteiger partial charge >= 0.3 is 18.0 Å². The Balaban J connectivity index is 1.40. The van der Waals surface area contributed by atoms with Crippen molar-refractivity contribution >= 4 is 59.0 Å². The Morgan fingerprint density at radius 2 is 1.92 bits per heavy atom. The van der Waals surface area contributed by atoms with Gasteiger partial charge in [0.2, 0.25) is 11.8 Å². The highest BCUT2D eigenvalue weighted by atomic mass is 32.2. The molecule has 2 aromatic rings. The van der Waals surface area contributed by atoms with Crippen LogP contribution >= 0.6 is 23.5 Å². The van der Waals surface area contributed by atoms with Gasteiger partial charge in [-0.25, -0.2) is 9.59 Å². The Labute approximate surface area is 222 Å². The second kappa shape index (κ2) is 11.1. The maximum Gasteiger partial charge on any atom is 0.352 e. The lowest BCUT2D eigenvalue weighted by Gasteiger charge is -2.49. The Morgan fingerprint density at radius 1 is 1.21 bits per heavy atom. The third kappa shape index (κ3) is 5.74. The zero-order valence-corrected chi connectivity index (χ0v) is 21.0. The van der Waals surface area contributed by atoms with E-state index < -0.39 is 53.7 Å². The lowest BCUT2D eigenvalue weighted by atomic mass is 10.0. The van der Waals surface area contributed by atoms with E-state index in [2.05, 4.69) is 20.8 Å². The van der Waals surface area contributed by atoms with Crippen molar-refractivity contribution in [3.05, 3.63) is 47.0 Å². The van der Waals surface area contributed by atoms with Gasteiger partial charge in [0.1, 0.15) is 29.6 Å². The normalized spacial score (nSPS) is 19.3. The number of rotatable bonds is 10. The van der Waals surface area contributed by atoms with Crippen molar-refractivity contribution in [2.24, 2.45) is 11.5 Å². The number of carbonyl (C=O) groups is 5. The molecule has 4 amide bonds. The summed E-state index contributed by atoms with van der Waals surface area (Å²) in [5.41, 5.74) is 12.2. The van der Waals surface area contributed by atoms with E-state index in [0.717, 1.165) is 16.7 Å². The monoisotopic (exact) mass is 563 g/mol. The first-order valence-corrected chi connectivity index (χ1v) is 12.9. The Kier molecular flexibility index (Phi) is 7.88. The topological polar surface area (TPSA) is 244 Å². The van der Waals surface area contributed by atoms with Gasteiger partial charge in [0, 0.05) is 17.2 Å². The summed E-state index contributed by atoms with van der Waals surface area (Å²) in [5, 5.41) is 30.4. The van der Waals surface area contributed by atoms with Crippen LogP contribution in [0.5, 0.6) is 0 Å². The van der Waals surface area contributed by atoms with Crippen LogP contribution in [0.2, 0.25) is 0 Å². The maximum absolute atomic E-state index is 12.9. The van der Waals surface area contributed by atoms with Crippen LogP contribution in [0.25, 0.3) is 0 Å². The van der Waals surface area contributed by atoms with E-state index in [-0.39, 0.29) is 28.3 Å². The molecule has 1 saturated heterocycles. The second-order valence-corrected chi connectivity index (χ2v) is 10.1. The zero-order chi connectivity index (χ0) is 27.6. The minimum absolute atomic E-state index is 0.0677. The average Bonchev–Trinajstić information content (AvgIpc) is 3.31. The third-order valence-corrected chi connectivity index (χ3v) is 7.73. The molecular formula is C21H21N7O8S2. The highest BCUT2D eigenvalue weighted by Gasteiger charge is 2.54. The fraction of sp³-hybridized carbons (Fsp3) is 0.286. The fourth-order valence-corrected chi connectivity index (χ4v) is 6.02. The molecule has 1 aromatic heterocycles. The van der Waals surface area contributed by atoms with Crippen LogP contribution in [0.4, 0.5) is 10.5 Å². The molecule has 0 bridgehead atoms. The van der Waals surface area contributed by atoms with Crippen LogP contribution in [-0.4, -0.2) is 78.0 Å². The molecule has 0 saturated carbocycles. The van der Waals surface area contributed by atoms with Crippen molar-refractivity contribution in [3.63, 3.8) is 0 Å². The molecule has 38 heavy (non-hydrogen) atoms. The molecule has 1 fully saturated rings. The maximum atomic E-state index is 12.9. The first-order valence-electron chi connectivity index (χ1n) is 10.8. The number of anilines is 1. The molecule has 8 N–H and O–H groups in total.